The van der Waals surface area contributed by atoms with Gasteiger partial charge in [-0.3, -0.25) is 0 Å². The van der Waals surface area contributed by atoms with Gasteiger partial charge in [0.15, 0.2) is 5.82 Å². The zero-order valence-electron chi connectivity index (χ0n) is 9.28. The summed E-state index contributed by atoms with van der Waals surface area (Å²) in [6.45, 7) is 0. The van der Waals surface area contributed by atoms with Crippen LogP contribution in [0.15, 0.2) is 36.5 Å². The molecule has 3 nitrogen and oxygen atoms in total. The summed E-state index contributed by atoms with van der Waals surface area (Å²) in [4.78, 5) is 3.57. The number of ether oxygens (including phenoxy) is 1. The molecule has 0 aliphatic rings. The maximum atomic E-state index is 13.6. The van der Waals surface area contributed by atoms with Crippen molar-refractivity contribution >= 4 is 0 Å². The van der Waals surface area contributed by atoms with Crippen LogP contribution in [0.2, 0.25) is 0 Å². The highest BCUT2D eigenvalue weighted by molar-refractivity contribution is 5.67. The van der Waals surface area contributed by atoms with E-state index in [1.807, 2.05) is 0 Å². The number of halogens is 4. The highest BCUT2D eigenvalue weighted by atomic mass is 19.4. The highest BCUT2D eigenvalue weighted by Crippen LogP contribution is 2.34. The molecule has 2 rings (SSSR count). The summed E-state index contributed by atoms with van der Waals surface area (Å²) >= 11 is 0. The maximum Gasteiger partial charge on any atom is 0.573 e. The van der Waals surface area contributed by atoms with Crippen molar-refractivity contribution in [1.29, 1.82) is 0 Å². The summed E-state index contributed by atoms with van der Waals surface area (Å²) in [6, 6.07) is 5.79. The molecule has 0 saturated carbocycles. The van der Waals surface area contributed by atoms with Gasteiger partial charge in [0.2, 0.25) is 0 Å². The first-order valence-electron chi connectivity index (χ1n) is 5.06. The average molecular weight is 273 g/mol. The van der Waals surface area contributed by atoms with Crippen molar-refractivity contribution in [2.75, 3.05) is 0 Å². The molecule has 1 N–H and O–H groups in total. The Bertz CT molecular complexity index is 599. The normalized spacial score (nSPS) is 11.4. The molecule has 1 heterocycles. The van der Waals surface area contributed by atoms with Crippen molar-refractivity contribution in [2.24, 2.45) is 0 Å². The first-order chi connectivity index (χ1) is 8.87. The molecule has 0 radical (unpaired) electrons. The van der Waals surface area contributed by atoms with Gasteiger partial charge in [0.25, 0.3) is 0 Å². The average Bonchev–Trinajstić information content (AvgIpc) is 2.28. The van der Waals surface area contributed by atoms with Crippen LogP contribution in [0, 0.1) is 5.82 Å². The fourth-order valence-corrected chi connectivity index (χ4v) is 1.50. The zero-order valence-corrected chi connectivity index (χ0v) is 9.28. The SMILES string of the molecule is Oc1cnc(-c2ccccc2OC(F)(F)F)c(F)c1. The van der Waals surface area contributed by atoms with Crippen LogP contribution in [-0.2, 0) is 0 Å². The minimum absolute atomic E-state index is 0.155. The molecule has 100 valence electrons. The Hall–Kier alpha value is -2.31. The molecule has 0 atom stereocenters. The standard InChI is InChI=1S/C12H7F4NO2/c13-9-5-7(18)6-17-11(9)8-3-1-2-4-10(8)19-12(14,15)16/h1-6,18H. The number of pyridine rings is 1. The molecule has 0 unspecified atom stereocenters. The van der Waals surface area contributed by atoms with E-state index < -0.39 is 23.7 Å². The Labute approximate surface area is 105 Å². The van der Waals surface area contributed by atoms with Crippen LogP contribution >= 0.6 is 0 Å². The van der Waals surface area contributed by atoms with Crippen molar-refractivity contribution in [3.8, 4) is 22.8 Å². The number of hydrogen-bond acceptors (Lipinski definition) is 3. The number of rotatable bonds is 2. The van der Waals surface area contributed by atoms with Gasteiger partial charge in [0, 0.05) is 11.6 Å². The first kappa shape index (κ1) is 13.1. The number of aromatic hydroxyl groups is 1. The van der Waals surface area contributed by atoms with Crippen LogP contribution in [0.3, 0.4) is 0 Å². The van der Waals surface area contributed by atoms with Crippen molar-refractivity contribution in [2.45, 2.75) is 6.36 Å². The van der Waals surface area contributed by atoms with Crippen molar-refractivity contribution < 1.29 is 27.4 Å². The molecular weight excluding hydrogens is 266 g/mol. The highest BCUT2D eigenvalue weighted by Gasteiger charge is 2.32. The van der Waals surface area contributed by atoms with Gasteiger partial charge in [-0.2, -0.15) is 0 Å². The van der Waals surface area contributed by atoms with E-state index in [0.717, 1.165) is 18.3 Å². The fourth-order valence-electron chi connectivity index (χ4n) is 1.50. The molecule has 0 saturated heterocycles. The van der Waals surface area contributed by atoms with Crippen LogP contribution in [0.4, 0.5) is 17.6 Å². The molecule has 0 spiro atoms. The van der Waals surface area contributed by atoms with E-state index in [9.17, 15) is 17.6 Å². The van der Waals surface area contributed by atoms with Gasteiger partial charge < -0.3 is 9.84 Å². The zero-order chi connectivity index (χ0) is 14.0. The van der Waals surface area contributed by atoms with Gasteiger partial charge in [0.05, 0.1) is 6.20 Å². The van der Waals surface area contributed by atoms with Crippen LogP contribution in [0.25, 0.3) is 11.3 Å². The molecule has 1 aromatic carbocycles. The summed E-state index contributed by atoms with van der Waals surface area (Å²) in [5.41, 5.74) is -0.491. The Kier molecular flexibility index (Phi) is 3.28. The summed E-state index contributed by atoms with van der Waals surface area (Å²) in [6.07, 6.45) is -3.95. The first-order valence-corrected chi connectivity index (χ1v) is 5.06. The smallest absolute Gasteiger partial charge is 0.506 e. The van der Waals surface area contributed by atoms with Gasteiger partial charge >= 0.3 is 6.36 Å². The van der Waals surface area contributed by atoms with Gasteiger partial charge in [0.1, 0.15) is 17.2 Å². The molecule has 2 aromatic rings. The minimum atomic E-state index is -4.89. The molecule has 19 heavy (non-hydrogen) atoms. The quantitative estimate of drug-likeness (QED) is 0.851. The van der Waals surface area contributed by atoms with E-state index >= 15 is 0 Å². The minimum Gasteiger partial charge on any atom is -0.506 e. The van der Waals surface area contributed by atoms with Crippen molar-refractivity contribution in [3.05, 3.63) is 42.3 Å². The fraction of sp³-hybridized carbons (Fsp3) is 0.0833. The van der Waals surface area contributed by atoms with E-state index in [1.54, 1.807) is 0 Å². The van der Waals surface area contributed by atoms with E-state index in [0.29, 0.717) is 0 Å². The van der Waals surface area contributed by atoms with E-state index in [4.69, 9.17) is 5.11 Å². The van der Waals surface area contributed by atoms with Gasteiger partial charge in [-0.1, -0.05) is 12.1 Å². The Balaban J connectivity index is 2.50. The number of para-hydroxylation sites is 1. The van der Waals surface area contributed by atoms with Gasteiger partial charge in [-0.15, -0.1) is 13.2 Å². The van der Waals surface area contributed by atoms with Crippen LogP contribution in [0.5, 0.6) is 11.5 Å². The predicted molar refractivity (Wildman–Crippen MR) is 58.0 cm³/mol. The Morgan fingerprint density at radius 2 is 1.84 bits per heavy atom. The maximum absolute atomic E-state index is 13.6. The van der Waals surface area contributed by atoms with Crippen LogP contribution in [-0.4, -0.2) is 16.5 Å². The summed E-state index contributed by atoms with van der Waals surface area (Å²) in [5, 5.41) is 9.03. The van der Waals surface area contributed by atoms with Crippen molar-refractivity contribution in [1.82, 2.24) is 4.98 Å². The summed E-state index contributed by atoms with van der Waals surface area (Å²) < 4.78 is 54.1. The second kappa shape index (κ2) is 4.75. The predicted octanol–water partition coefficient (Wildman–Crippen LogP) is 3.49. The number of nitrogens with zero attached hydrogens (tertiary/aromatic N) is 1. The van der Waals surface area contributed by atoms with E-state index in [1.165, 1.54) is 18.2 Å². The lowest BCUT2D eigenvalue weighted by atomic mass is 10.1. The lowest BCUT2D eigenvalue weighted by Gasteiger charge is -2.13. The molecule has 0 bridgehead atoms. The number of aromatic nitrogens is 1. The largest absolute Gasteiger partial charge is 0.573 e. The van der Waals surface area contributed by atoms with Gasteiger partial charge in [-0.25, -0.2) is 9.37 Å². The van der Waals surface area contributed by atoms with Crippen molar-refractivity contribution in [3.63, 3.8) is 0 Å². The third kappa shape index (κ3) is 3.12. The lowest BCUT2D eigenvalue weighted by Crippen LogP contribution is -2.17. The third-order valence-electron chi connectivity index (χ3n) is 2.19. The molecular formula is C12H7F4NO2. The molecule has 0 aliphatic carbocycles. The second-order valence-electron chi connectivity index (χ2n) is 3.57. The second-order valence-corrected chi connectivity index (χ2v) is 3.57. The van der Waals surface area contributed by atoms with E-state index in [2.05, 4.69) is 9.72 Å². The summed E-state index contributed by atoms with van der Waals surface area (Å²) in [7, 11) is 0. The third-order valence-corrected chi connectivity index (χ3v) is 2.19. The number of alkyl halides is 3. The monoisotopic (exact) mass is 273 g/mol. The topological polar surface area (TPSA) is 42.4 Å². The molecule has 7 heteroatoms. The molecule has 0 amide bonds. The molecule has 0 aliphatic heterocycles. The van der Waals surface area contributed by atoms with E-state index in [-0.39, 0.29) is 11.3 Å². The Morgan fingerprint density at radius 3 is 2.47 bits per heavy atom. The summed E-state index contributed by atoms with van der Waals surface area (Å²) in [5.74, 6) is -1.93. The lowest BCUT2D eigenvalue weighted by molar-refractivity contribution is -0.274. The molecule has 0 fully saturated rings. The van der Waals surface area contributed by atoms with Crippen LogP contribution < -0.4 is 4.74 Å². The molecule has 1 aromatic heterocycles. The van der Waals surface area contributed by atoms with Crippen LogP contribution in [0.1, 0.15) is 0 Å². The number of benzene rings is 1. The number of hydrogen-bond donors (Lipinski definition) is 1. The van der Waals surface area contributed by atoms with Gasteiger partial charge in [-0.05, 0) is 12.1 Å². The Morgan fingerprint density at radius 1 is 1.16 bits per heavy atom.